The number of carbonyl (C=O) groups excluding carboxylic acids is 1. The molecule has 1 aliphatic heterocycles. The minimum Gasteiger partial charge on any atom is -0.463 e. The zero-order valence-corrected chi connectivity index (χ0v) is 19.6. The highest BCUT2D eigenvalue weighted by molar-refractivity contribution is 5.88. The van der Waals surface area contributed by atoms with Crippen LogP contribution in [0.4, 0.5) is 16.7 Å². The Labute approximate surface area is 199 Å². The average Bonchev–Trinajstić information content (AvgIpc) is 3.24. The number of carbonyl (C=O) groups is 1. The minimum atomic E-state index is -0.465. The van der Waals surface area contributed by atoms with Crippen molar-refractivity contribution in [2.75, 3.05) is 23.4 Å². The third kappa shape index (κ3) is 5.54. The standard InChI is InChI=1S/C25H29N5O4/c1-4-15-32-24-28-22(27-23(29-24)30-19(5-2)16-33-25(30)31)26-17(3)18-11-13-21(14-12-18)34-20-9-7-6-8-10-20/h6-14,17,19H,4-5,15-16H2,1-3H3,(H,26,27,28,29)/t17-,19-/m0/s1. The van der Waals surface area contributed by atoms with Gasteiger partial charge in [0.1, 0.15) is 18.1 Å². The number of ether oxygens (including phenoxy) is 3. The maximum Gasteiger partial charge on any atom is 0.417 e. The minimum absolute atomic E-state index is 0.118. The maximum absolute atomic E-state index is 12.3. The van der Waals surface area contributed by atoms with Gasteiger partial charge >= 0.3 is 12.1 Å². The fourth-order valence-electron chi connectivity index (χ4n) is 3.51. The molecule has 1 aromatic heterocycles. The maximum atomic E-state index is 12.3. The molecule has 9 nitrogen and oxygen atoms in total. The van der Waals surface area contributed by atoms with Crippen molar-refractivity contribution < 1.29 is 19.0 Å². The van der Waals surface area contributed by atoms with E-state index in [9.17, 15) is 4.79 Å². The molecule has 0 aliphatic carbocycles. The summed E-state index contributed by atoms with van der Waals surface area (Å²) in [5, 5.41) is 3.29. The number of nitrogens with one attached hydrogen (secondary N) is 1. The molecule has 9 heteroatoms. The van der Waals surface area contributed by atoms with Gasteiger partial charge in [-0.05, 0) is 49.6 Å². The number of hydrogen-bond donors (Lipinski definition) is 1. The lowest BCUT2D eigenvalue weighted by atomic mass is 10.1. The SMILES string of the molecule is CCCOc1nc(N[C@@H](C)c2ccc(Oc3ccccc3)cc2)nc(N2C(=O)OC[C@@H]2CC)n1. The highest BCUT2D eigenvalue weighted by Crippen LogP contribution is 2.27. The van der Waals surface area contributed by atoms with E-state index in [-0.39, 0.29) is 24.0 Å². The monoisotopic (exact) mass is 463 g/mol. The number of nitrogens with zero attached hydrogens (tertiary/aromatic N) is 4. The number of cyclic esters (lactones) is 1. The van der Waals surface area contributed by atoms with Crippen molar-refractivity contribution in [2.45, 2.75) is 45.7 Å². The molecular weight excluding hydrogens is 434 g/mol. The Morgan fingerprint density at radius 2 is 1.79 bits per heavy atom. The Morgan fingerprint density at radius 3 is 2.50 bits per heavy atom. The largest absolute Gasteiger partial charge is 0.463 e. The van der Waals surface area contributed by atoms with E-state index in [1.807, 2.05) is 75.4 Å². The van der Waals surface area contributed by atoms with E-state index in [1.54, 1.807) is 0 Å². The molecule has 1 fully saturated rings. The van der Waals surface area contributed by atoms with Gasteiger partial charge in [-0.2, -0.15) is 15.0 Å². The Kier molecular flexibility index (Phi) is 7.41. The molecule has 1 saturated heterocycles. The van der Waals surface area contributed by atoms with Gasteiger partial charge in [0, 0.05) is 0 Å². The van der Waals surface area contributed by atoms with E-state index < -0.39 is 6.09 Å². The predicted molar refractivity (Wildman–Crippen MR) is 129 cm³/mol. The molecule has 4 rings (SSSR count). The van der Waals surface area contributed by atoms with Crippen LogP contribution in [0.25, 0.3) is 0 Å². The van der Waals surface area contributed by atoms with Crippen LogP contribution < -0.4 is 19.7 Å². The molecule has 0 saturated carbocycles. The van der Waals surface area contributed by atoms with Crippen molar-refractivity contribution in [3.8, 4) is 17.5 Å². The molecule has 3 aromatic rings. The number of para-hydroxylation sites is 1. The molecule has 2 heterocycles. The molecule has 178 valence electrons. The van der Waals surface area contributed by atoms with Crippen molar-refractivity contribution in [1.82, 2.24) is 15.0 Å². The van der Waals surface area contributed by atoms with Gasteiger partial charge in [-0.3, -0.25) is 0 Å². The van der Waals surface area contributed by atoms with Crippen LogP contribution in [0.3, 0.4) is 0 Å². The highest BCUT2D eigenvalue weighted by atomic mass is 16.6. The van der Waals surface area contributed by atoms with Crippen LogP contribution in [0.15, 0.2) is 54.6 Å². The molecule has 2 atom stereocenters. The number of benzene rings is 2. The van der Waals surface area contributed by atoms with Gasteiger partial charge in [-0.1, -0.05) is 44.2 Å². The number of anilines is 2. The Balaban J connectivity index is 1.52. The van der Waals surface area contributed by atoms with E-state index in [2.05, 4.69) is 20.3 Å². The molecule has 1 amide bonds. The molecule has 34 heavy (non-hydrogen) atoms. The van der Waals surface area contributed by atoms with Crippen LogP contribution in [0.2, 0.25) is 0 Å². The summed E-state index contributed by atoms with van der Waals surface area (Å²) >= 11 is 0. The fraction of sp³-hybridized carbons (Fsp3) is 0.360. The summed E-state index contributed by atoms with van der Waals surface area (Å²) in [4.78, 5) is 27.0. The summed E-state index contributed by atoms with van der Waals surface area (Å²) in [5.74, 6) is 2.07. The first-order valence-corrected chi connectivity index (χ1v) is 11.5. The Morgan fingerprint density at radius 1 is 1.06 bits per heavy atom. The van der Waals surface area contributed by atoms with Gasteiger partial charge in [0.05, 0.1) is 18.7 Å². The summed E-state index contributed by atoms with van der Waals surface area (Å²) < 4.78 is 16.7. The lowest BCUT2D eigenvalue weighted by Gasteiger charge is -2.20. The number of hydrogen-bond acceptors (Lipinski definition) is 8. The van der Waals surface area contributed by atoms with Gasteiger partial charge < -0.3 is 19.5 Å². The molecule has 0 bridgehead atoms. The number of amides is 1. The average molecular weight is 464 g/mol. The highest BCUT2D eigenvalue weighted by Gasteiger charge is 2.35. The van der Waals surface area contributed by atoms with Crippen LogP contribution in [-0.4, -0.2) is 40.3 Å². The first-order chi connectivity index (χ1) is 16.6. The smallest absolute Gasteiger partial charge is 0.417 e. The van der Waals surface area contributed by atoms with Gasteiger partial charge in [0.25, 0.3) is 0 Å². The predicted octanol–water partition coefficient (Wildman–Crippen LogP) is 5.36. The van der Waals surface area contributed by atoms with Gasteiger partial charge in [-0.25, -0.2) is 9.69 Å². The van der Waals surface area contributed by atoms with E-state index in [1.165, 1.54) is 4.90 Å². The van der Waals surface area contributed by atoms with Crippen LogP contribution in [0.5, 0.6) is 17.5 Å². The number of rotatable bonds is 10. The molecule has 0 radical (unpaired) electrons. The molecule has 1 N–H and O–H groups in total. The summed E-state index contributed by atoms with van der Waals surface area (Å²) in [7, 11) is 0. The van der Waals surface area contributed by atoms with Crippen molar-refractivity contribution in [2.24, 2.45) is 0 Å². The quantitative estimate of drug-likeness (QED) is 0.429. The zero-order valence-electron chi connectivity index (χ0n) is 19.6. The summed E-state index contributed by atoms with van der Waals surface area (Å²) in [6, 6.07) is 17.4. The van der Waals surface area contributed by atoms with E-state index in [0.717, 1.165) is 29.9 Å². The number of aromatic nitrogens is 3. The lowest BCUT2D eigenvalue weighted by molar-refractivity contribution is 0.178. The second-order valence-electron chi connectivity index (χ2n) is 7.95. The van der Waals surface area contributed by atoms with Crippen LogP contribution in [0, 0.1) is 0 Å². The zero-order chi connectivity index (χ0) is 23.9. The van der Waals surface area contributed by atoms with Crippen LogP contribution in [-0.2, 0) is 4.74 Å². The summed E-state index contributed by atoms with van der Waals surface area (Å²) in [6.07, 6.45) is 1.06. The van der Waals surface area contributed by atoms with E-state index >= 15 is 0 Å². The van der Waals surface area contributed by atoms with Crippen LogP contribution >= 0.6 is 0 Å². The molecule has 1 aliphatic rings. The Bertz CT molecular complexity index is 1090. The fourth-order valence-corrected chi connectivity index (χ4v) is 3.51. The van der Waals surface area contributed by atoms with Crippen LogP contribution in [0.1, 0.15) is 45.2 Å². The van der Waals surface area contributed by atoms with E-state index in [4.69, 9.17) is 14.2 Å². The Hall–Kier alpha value is -3.88. The lowest BCUT2D eigenvalue weighted by Crippen LogP contribution is -2.34. The van der Waals surface area contributed by atoms with E-state index in [0.29, 0.717) is 19.2 Å². The van der Waals surface area contributed by atoms with Gasteiger partial charge in [-0.15, -0.1) is 0 Å². The van der Waals surface area contributed by atoms with Gasteiger partial charge in [0.2, 0.25) is 11.9 Å². The third-order valence-corrected chi connectivity index (χ3v) is 5.39. The van der Waals surface area contributed by atoms with Crippen molar-refractivity contribution in [3.63, 3.8) is 0 Å². The first-order valence-electron chi connectivity index (χ1n) is 11.5. The molecule has 0 spiro atoms. The van der Waals surface area contributed by atoms with Crippen molar-refractivity contribution in [3.05, 3.63) is 60.2 Å². The normalized spacial score (nSPS) is 16.1. The second-order valence-corrected chi connectivity index (χ2v) is 7.95. The topological polar surface area (TPSA) is 98.7 Å². The summed E-state index contributed by atoms with van der Waals surface area (Å²) in [5.41, 5.74) is 1.02. The second kappa shape index (κ2) is 10.8. The third-order valence-electron chi connectivity index (χ3n) is 5.39. The molecular formula is C25H29N5O4. The van der Waals surface area contributed by atoms with Gasteiger partial charge in [0.15, 0.2) is 0 Å². The molecule has 0 unspecified atom stereocenters. The first kappa shape index (κ1) is 23.3. The molecule has 2 aromatic carbocycles. The van der Waals surface area contributed by atoms with Crippen molar-refractivity contribution in [1.29, 1.82) is 0 Å². The van der Waals surface area contributed by atoms with Crippen molar-refractivity contribution >= 4 is 18.0 Å². The summed E-state index contributed by atoms with van der Waals surface area (Å²) in [6.45, 7) is 6.76.